The molecular weight excluding hydrogens is 508 g/mol. The summed E-state index contributed by atoms with van der Waals surface area (Å²) in [5, 5.41) is 4.12. The number of aromatic nitrogens is 4. The quantitative estimate of drug-likeness (QED) is 0.476. The van der Waals surface area contributed by atoms with Gasteiger partial charge in [0.2, 0.25) is 11.8 Å². The number of rotatable bonds is 7. The Morgan fingerprint density at radius 2 is 1.87 bits per heavy atom. The number of nitrogens with two attached hydrogens (primary N) is 1. The molecule has 3 aliphatic heterocycles. The van der Waals surface area contributed by atoms with Crippen molar-refractivity contribution < 1.29 is 22.8 Å². The van der Waals surface area contributed by atoms with Crippen LogP contribution in [0.4, 0.5) is 20.7 Å². The molecule has 3 saturated heterocycles. The lowest BCUT2D eigenvalue weighted by molar-refractivity contribution is 0.103. The van der Waals surface area contributed by atoms with Crippen molar-refractivity contribution in [3.63, 3.8) is 0 Å². The molecule has 4 atom stereocenters. The first-order valence-electron chi connectivity index (χ1n) is 13.6. The third-order valence-electron chi connectivity index (χ3n) is 8.06. The zero-order chi connectivity index (χ0) is 26.9. The Labute approximate surface area is 225 Å². The summed E-state index contributed by atoms with van der Waals surface area (Å²) in [6.07, 6.45) is 7.05. The van der Waals surface area contributed by atoms with Gasteiger partial charge in [0.25, 0.3) is 0 Å². The largest absolute Gasteiger partial charge is 0.487 e. The van der Waals surface area contributed by atoms with E-state index in [0.717, 1.165) is 57.5 Å². The van der Waals surface area contributed by atoms with Gasteiger partial charge in [0.05, 0.1) is 18.5 Å². The Morgan fingerprint density at radius 1 is 1.08 bits per heavy atom. The first-order chi connectivity index (χ1) is 18.9. The highest BCUT2D eigenvalue weighted by molar-refractivity contribution is 5.39. The number of anilines is 2. The van der Waals surface area contributed by atoms with Crippen LogP contribution in [-0.2, 0) is 4.74 Å². The van der Waals surface area contributed by atoms with E-state index in [1.807, 2.05) is 4.90 Å². The van der Waals surface area contributed by atoms with Crippen LogP contribution in [0.2, 0.25) is 0 Å². The van der Waals surface area contributed by atoms with Gasteiger partial charge >= 0.3 is 6.01 Å². The second-order valence-electron chi connectivity index (χ2n) is 10.6. The highest BCUT2D eigenvalue weighted by Gasteiger charge is 2.35. The summed E-state index contributed by atoms with van der Waals surface area (Å²) in [6.45, 7) is 5.29. The van der Waals surface area contributed by atoms with Gasteiger partial charge in [-0.3, -0.25) is 0 Å². The van der Waals surface area contributed by atoms with Gasteiger partial charge < -0.3 is 29.5 Å². The molecule has 0 amide bonds. The van der Waals surface area contributed by atoms with E-state index in [1.165, 1.54) is 6.07 Å². The Hall–Kier alpha value is -3.38. The van der Waals surface area contributed by atoms with Crippen LogP contribution in [0.1, 0.15) is 56.0 Å². The molecule has 0 radical (unpaired) electrons. The summed E-state index contributed by atoms with van der Waals surface area (Å²) in [7, 11) is 0. The van der Waals surface area contributed by atoms with Crippen molar-refractivity contribution in [2.75, 3.05) is 42.6 Å². The highest BCUT2D eigenvalue weighted by atomic mass is 19.1. The van der Waals surface area contributed by atoms with Crippen LogP contribution < -0.4 is 20.3 Å². The van der Waals surface area contributed by atoms with Crippen LogP contribution >= 0.6 is 0 Å². The Bertz CT molecular complexity index is 1260. The van der Waals surface area contributed by atoms with E-state index in [0.29, 0.717) is 42.5 Å². The van der Waals surface area contributed by atoms with E-state index < -0.39 is 11.6 Å². The fourth-order valence-electron chi connectivity index (χ4n) is 5.79. The van der Waals surface area contributed by atoms with Crippen molar-refractivity contribution in [1.82, 2.24) is 20.1 Å². The summed E-state index contributed by atoms with van der Waals surface area (Å²) in [6, 6.07) is 3.67. The van der Waals surface area contributed by atoms with Crippen molar-refractivity contribution in [2.24, 2.45) is 11.7 Å². The number of nitrogens with zero attached hydrogens (tertiary/aromatic N) is 6. The lowest BCUT2D eigenvalue weighted by Gasteiger charge is -2.33. The van der Waals surface area contributed by atoms with Gasteiger partial charge in [-0.25, -0.2) is 18.7 Å². The summed E-state index contributed by atoms with van der Waals surface area (Å²) in [5.74, 6) is 0.790. The number of hydrogen-bond donors (Lipinski definition) is 1. The third kappa shape index (κ3) is 5.53. The normalized spacial score (nSPS) is 24.9. The SMILES string of the molecule is C[C@H](Oc1cnc(N2C[C@H](c3cc(F)ccc3F)[C@@H](N)C2)nc1)C1CCN(c2nc([C@H]3CCCO3)no2)CC1. The Kier molecular flexibility index (Phi) is 7.30. The summed E-state index contributed by atoms with van der Waals surface area (Å²) < 4.78 is 45.4. The van der Waals surface area contributed by atoms with Crippen molar-refractivity contribution in [2.45, 2.75) is 56.8 Å². The predicted octanol–water partition coefficient (Wildman–Crippen LogP) is 3.60. The molecule has 3 aromatic rings. The first kappa shape index (κ1) is 25.9. The zero-order valence-electron chi connectivity index (χ0n) is 21.9. The molecule has 208 valence electrons. The Morgan fingerprint density at radius 3 is 2.62 bits per heavy atom. The minimum Gasteiger partial charge on any atom is -0.487 e. The molecule has 39 heavy (non-hydrogen) atoms. The lowest BCUT2D eigenvalue weighted by Crippen LogP contribution is -2.38. The minimum atomic E-state index is -0.479. The molecule has 3 aliphatic rings. The average molecular weight is 542 g/mol. The van der Waals surface area contributed by atoms with Gasteiger partial charge in [0.1, 0.15) is 17.7 Å². The molecule has 2 N–H and O–H groups in total. The molecule has 0 saturated carbocycles. The topological polar surface area (TPSA) is 116 Å². The molecule has 5 heterocycles. The van der Waals surface area contributed by atoms with Crippen LogP contribution in [-0.4, -0.2) is 65.0 Å². The summed E-state index contributed by atoms with van der Waals surface area (Å²) in [5.41, 5.74) is 6.56. The molecule has 12 heteroatoms. The molecule has 0 bridgehead atoms. The maximum Gasteiger partial charge on any atom is 0.324 e. The fourth-order valence-corrected chi connectivity index (χ4v) is 5.79. The molecule has 10 nitrogen and oxygen atoms in total. The molecule has 0 aliphatic carbocycles. The van der Waals surface area contributed by atoms with Crippen LogP contribution in [0.15, 0.2) is 35.1 Å². The predicted molar refractivity (Wildman–Crippen MR) is 139 cm³/mol. The lowest BCUT2D eigenvalue weighted by atomic mass is 9.92. The van der Waals surface area contributed by atoms with E-state index >= 15 is 0 Å². The molecular formula is C27H33F2N7O3. The number of benzene rings is 1. The van der Waals surface area contributed by atoms with E-state index in [9.17, 15) is 8.78 Å². The first-order valence-corrected chi connectivity index (χ1v) is 13.6. The monoisotopic (exact) mass is 541 g/mol. The van der Waals surface area contributed by atoms with Gasteiger partial charge in [-0.05, 0) is 62.3 Å². The van der Waals surface area contributed by atoms with Crippen LogP contribution in [0, 0.1) is 17.6 Å². The smallest absolute Gasteiger partial charge is 0.324 e. The van der Waals surface area contributed by atoms with Crippen molar-refractivity contribution >= 4 is 12.0 Å². The van der Waals surface area contributed by atoms with Crippen LogP contribution in [0.5, 0.6) is 5.75 Å². The Balaban J connectivity index is 1.01. The van der Waals surface area contributed by atoms with E-state index in [-0.39, 0.29) is 29.7 Å². The van der Waals surface area contributed by atoms with Gasteiger partial charge in [-0.2, -0.15) is 4.98 Å². The minimum absolute atomic E-state index is 0.0210. The summed E-state index contributed by atoms with van der Waals surface area (Å²) >= 11 is 0. The molecule has 0 spiro atoms. The zero-order valence-corrected chi connectivity index (χ0v) is 21.9. The van der Waals surface area contributed by atoms with Crippen LogP contribution in [0.3, 0.4) is 0 Å². The van der Waals surface area contributed by atoms with Crippen molar-refractivity contribution in [3.05, 3.63) is 53.6 Å². The van der Waals surface area contributed by atoms with E-state index in [2.05, 4.69) is 31.9 Å². The second kappa shape index (κ2) is 11.0. The third-order valence-corrected chi connectivity index (χ3v) is 8.06. The average Bonchev–Trinajstić information content (AvgIpc) is 3.72. The van der Waals surface area contributed by atoms with Crippen molar-refractivity contribution in [1.29, 1.82) is 0 Å². The highest BCUT2D eigenvalue weighted by Crippen LogP contribution is 2.32. The summed E-state index contributed by atoms with van der Waals surface area (Å²) in [4.78, 5) is 17.5. The molecule has 0 unspecified atom stereocenters. The van der Waals surface area contributed by atoms with E-state index in [4.69, 9.17) is 19.7 Å². The number of halogens is 2. The van der Waals surface area contributed by atoms with E-state index in [1.54, 1.807) is 12.4 Å². The molecule has 3 fully saturated rings. The van der Waals surface area contributed by atoms with Crippen molar-refractivity contribution in [3.8, 4) is 5.75 Å². The van der Waals surface area contributed by atoms with Gasteiger partial charge in [-0.15, -0.1) is 0 Å². The van der Waals surface area contributed by atoms with Gasteiger partial charge in [-0.1, -0.05) is 5.16 Å². The number of ether oxygens (including phenoxy) is 2. The van der Waals surface area contributed by atoms with Gasteiger partial charge in [0.15, 0.2) is 5.75 Å². The number of piperidine rings is 1. The van der Waals surface area contributed by atoms with Crippen LogP contribution in [0.25, 0.3) is 0 Å². The molecule has 1 aromatic carbocycles. The maximum absolute atomic E-state index is 14.3. The standard InChI is InChI=1S/C27H33F2N7O3/c1-16(17-6-8-35(9-7-17)27-33-25(34-39-27)24-3-2-10-37-24)38-19-12-31-26(32-13-19)36-14-21(23(30)15-36)20-11-18(28)4-5-22(20)29/h4-5,11-13,16-17,21,23-24H,2-3,6-10,14-15,30H2,1H3/t16-,21+,23-,24+/m0/s1. The number of hydrogen-bond acceptors (Lipinski definition) is 10. The maximum atomic E-state index is 14.3. The second-order valence-corrected chi connectivity index (χ2v) is 10.6. The molecule has 2 aromatic heterocycles. The van der Waals surface area contributed by atoms with Gasteiger partial charge in [0, 0.05) is 44.7 Å². The fraction of sp³-hybridized carbons (Fsp3) is 0.556. The molecule has 6 rings (SSSR count).